The third kappa shape index (κ3) is 5.49. The maximum atomic E-state index is 12.8. The Morgan fingerprint density at radius 2 is 2.14 bits per heavy atom. The molecule has 2 N–H and O–H groups in total. The van der Waals surface area contributed by atoms with Crippen molar-refractivity contribution in [1.82, 2.24) is 4.90 Å². The summed E-state index contributed by atoms with van der Waals surface area (Å²) in [6.07, 6.45) is 1.99. The first-order valence-electron chi connectivity index (χ1n) is 6.99. The molecule has 1 heterocycles. The number of piperidine rings is 1. The number of hydrogen-bond donors (Lipinski definition) is 1. The minimum Gasteiger partial charge on any atom is -0.341 e. The van der Waals surface area contributed by atoms with E-state index in [2.05, 4.69) is 0 Å². The Hall–Kier alpha value is -0.780. The zero-order valence-electron chi connectivity index (χ0n) is 12.1. The van der Waals surface area contributed by atoms with Crippen LogP contribution in [0.1, 0.15) is 19.8 Å². The van der Waals surface area contributed by atoms with Gasteiger partial charge in [0.2, 0.25) is 5.91 Å². The molecule has 0 saturated carbocycles. The first-order chi connectivity index (χ1) is 9.56. The van der Waals surface area contributed by atoms with Crippen LogP contribution >= 0.6 is 24.2 Å². The van der Waals surface area contributed by atoms with E-state index >= 15 is 0 Å². The maximum absolute atomic E-state index is 12.8. The number of carbonyl (C=O) groups excluding carboxylic acids is 1. The standard InChI is InChI=1S/C15H21FN2OS.ClH/c1-11(10-20-14-6-4-12(16)5-7-14)15(19)18-8-2-3-13(17)9-18;/h4-7,11,13H,2-3,8-10,17H2,1H3;1H. The molecule has 1 aliphatic heterocycles. The second kappa shape index (κ2) is 8.61. The lowest BCUT2D eigenvalue weighted by atomic mass is 10.0. The molecule has 1 saturated heterocycles. The number of likely N-dealkylation sites (tertiary alicyclic amines) is 1. The molecule has 1 amide bonds. The number of hydrogen-bond acceptors (Lipinski definition) is 3. The molecule has 0 bridgehead atoms. The Morgan fingerprint density at radius 3 is 2.76 bits per heavy atom. The van der Waals surface area contributed by atoms with Gasteiger partial charge >= 0.3 is 0 Å². The third-order valence-electron chi connectivity index (χ3n) is 3.50. The highest BCUT2D eigenvalue weighted by Crippen LogP contribution is 2.22. The van der Waals surface area contributed by atoms with E-state index in [4.69, 9.17) is 5.73 Å². The molecule has 1 aromatic rings. The summed E-state index contributed by atoms with van der Waals surface area (Å²) in [6, 6.07) is 6.49. The number of thioether (sulfide) groups is 1. The van der Waals surface area contributed by atoms with Gasteiger partial charge in [-0.05, 0) is 37.1 Å². The molecule has 1 aliphatic rings. The SMILES string of the molecule is CC(CSc1ccc(F)cc1)C(=O)N1CCCC(N)C1.Cl. The molecule has 0 aromatic heterocycles. The highest BCUT2D eigenvalue weighted by molar-refractivity contribution is 7.99. The molecule has 2 rings (SSSR count). The van der Waals surface area contributed by atoms with Gasteiger partial charge in [-0.3, -0.25) is 4.79 Å². The fourth-order valence-electron chi connectivity index (χ4n) is 2.35. The predicted octanol–water partition coefficient (Wildman–Crippen LogP) is 2.93. The lowest BCUT2D eigenvalue weighted by molar-refractivity contribution is -0.135. The van der Waals surface area contributed by atoms with Crippen LogP contribution in [0.25, 0.3) is 0 Å². The van der Waals surface area contributed by atoms with Crippen LogP contribution in [0, 0.1) is 11.7 Å². The lowest BCUT2D eigenvalue weighted by Crippen LogP contribution is -2.47. The molecule has 0 aliphatic carbocycles. The molecule has 6 heteroatoms. The molecule has 0 spiro atoms. The normalized spacial score (nSPS) is 19.8. The van der Waals surface area contributed by atoms with E-state index in [1.165, 1.54) is 12.1 Å². The van der Waals surface area contributed by atoms with Gasteiger partial charge in [-0.1, -0.05) is 6.92 Å². The van der Waals surface area contributed by atoms with Crippen LogP contribution in [0.5, 0.6) is 0 Å². The van der Waals surface area contributed by atoms with Crippen LogP contribution in [0.3, 0.4) is 0 Å². The van der Waals surface area contributed by atoms with E-state index in [1.807, 2.05) is 11.8 Å². The van der Waals surface area contributed by atoms with Gasteiger partial charge in [0.1, 0.15) is 5.82 Å². The van der Waals surface area contributed by atoms with Gasteiger partial charge in [-0.25, -0.2) is 4.39 Å². The van der Waals surface area contributed by atoms with Crippen LogP contribution in [-0.2, 0) is 4.79 Å². The van der Waals surface area contributed by atoms with Gasteiger partial charge in [0.15, 0.2) is 0 Å². The molecule has 3 nitrogen and oxygen atoms in total. The van der Waals surface area contributed by atoms with Gasteiger partial charge in [0.25, 0.3) is 0 Å². The molecule has 1 aromatic carbocycles. The number of amides is 1. The number of nitrogens with two attached hydrogens (primary N) is 1. The topological polar surface area (TPSA) is 46.3 Å². The molecule has 0 radical (unpaired) electrons. The fraction of sp³-hybridized carbons (Fsp3) is 0.533. The summed E-state index contributed by atoms with van der Waals surface area (Å²) in [4.78, 5) is 15.2. The van der Waals surface area contributed by atoms with Crippen molar-refractivity contribution in [2.75, 3.05) is 18.8 Å². The summed E-state index contributed by atoms with van der Waals surface area (Å²) < 4.78 is 12.8. The summed E-state index contributed by atoms with van der Waals surface area (Å²) in [6.45, 7) is 3.43. The van der Waals surface area contributed by atoms with E-state index < -0.39 is 0 Å². The number of nitrogens with zero attached hydrogens (tertiary/aromatic N) is 1. The highest BCUT2D eigenvalue weighted by atomic mass is 35.5. The van der Waals surface area contributed by atoms with Crippen molar-refractivity contribution >= 4 is 30.1 Å². The molecular formula is C15H22ClFN2OS. The van der Waals surface area contributed by atoms with Crippen molar-refractivity contribution in [3.8, 4) is 0 Å². The van der Waals surface area contributed by atoms with Gasteiger partial charge in [-0.15, -0.1) is 24.2 Å². The number of halogens is 2. The average Bonchev–Trinajstić information content (AvgIpc) is 2.45. The largest absolute Gasteiger partial charge is 0.341 e. The summed E-state index contributed by atoms with van der Waals surface area (Å²) in [5.41, 5.74) is 5.91. The average molecular weight is 333 g/mol. The molecule has 1 fully saturated rings. The first kappa shape index (κ1) is 18.3. The molecule has 2 unspecified atom stereocenters. The Kier molecular flexibility index (Phi) is 7.49. The summed E-state index contributed by atoms with van der Waals surface area (Å²) in [5, 5.41) is 0. The van der Waals surface area contributed by atoms with Crippen LogP contribution in [-0.4, -0.2) is 35.7 Å². The van der Waals surface area contributed by atoms with E-state index in [9.17, 15) is 9.18 Å². The Labute approximate surface area is 135 Å². The quantitative estimate of drug-likeness (QED) is 0.862. The zero-order chi connectivity index (χ0) is 14.5. The first-order valence-corrected chi connectivity index (χ1v) is 7.97. The predicted molar refractivity (Wildman–Crippen MR) is 87.3 cm³/mol. The molecule has 21 heavy (non-hydrogen) atoms. The van der Waals surface area contributed by atoms with Gasteiger partial charge < -0.3 is 10.6 Å². The maximum Gasteiger partial charge on any atom is 0.226 e. The monoisotopic (exact) mass is 332 g/mol. The lowest BCUT2D eigenvalue weighted by Gasteiger charge is -2.32. The number of rotatable bonds is 4. The van der Waals surface area contributed by atoms with Crippen LogP contribution in [0.2, 0.25) is 0 Å². The number of benzene rings is 1. The van der Waals surface area contributed by atoms with Crippen molar-refractivity contribution in [2.45, 2.75) is 30.7 Å². The fourth-order valence-corrected chi connectivity index (χ4v) is 3.26. The van der Waals surface area contributed by atoms with Crippen LogP contribution in [0.4, 0.5) is 4.39 Å². The highest BCUT2D eigenvalue weighted by Gasteiger charge is 2.25. The molecular weight excluding hydrogens is 311 g/mol. The smallest absolute Gasteiger partial charge is 0.226 e. The van der Waals surface area contributed by atoms with Crippen molar-refractivity contribution < 1.29 is 9.18 Å². The minimum atomic E-state index is -0.235. The van der Waals surface area contributed by atoms with E-state index in [1.54, 1.807) is 23.9 Å². The zero-order valence-corrected chi connectivity index (χ0v) is 13.8. The van der Waals surface area contributed by atoms with Crippen LogP contribution in [0.15, 0.2) is 29.2 Å². The van der Waals surface area contributed by atoms with Crippen LogP contribution < -0.4 is 5.73 Å². The van der Waals surface area contributed by atoms with Crippen molar-refractivity contribution in [3.63, 3.8) is 0 Å². The van der Waals surface area contributed by atoms with E-state index in [-0.39, 0.29) is 36.1 Å². The van der Waals surface area contributed by atoms with Gasteiger partial charge in [0.05, 0.1) is 0 Å². The molecule has 2 atom stereocenters. The minimum absolute atomic E-state index is 0. The Balaban J connectivity index is 0.00000220. The Bertz CT molecular complexity index is 457. The Morgan fingerprint density at radius 1 is 1.48 bits per heavy atom. The van der Waals surface area contributed by atoms with Crippen molar-refractivity contribution in [2.24, 2.45) is 11.7 Å². The van der Waals surface area contributed by atoms with Gasteiger partial charge in [0, 0.05) is 35.7 Å². The summed E-state index contributed by atoms with van der Waals surface area (Å²) >= 11 is 1.58. The second-order valence-corrected chi connectivity index (χ2v) is 6.45. The van der Waals surface area contributed by atoms with Crippen molar-refractivity contribution in [3.05, 3.63) is 30.1 Å². The number of carbonyl (C=O) groups is 1. The third-order valence-corrected chi connectivity index (χ3v) is 4.78. The van der Waals surface area contributed by atoms with E-state index in [0.717, 1.165) is 24.3 Å². The second-order valence-electron chi connectivity index (χ2n) is 5.35. The molecule has 118 valence electrons. The van der Waals surface area contributed by atoms with Crippen molar-refractivity contribution in [1.29, 1.82) is 0 Å². The van der Waals surface area contributed by atoms with Gasteiger partial charge in [-0.2, -0.15) is 0 Å². The summed E-state index contributed by atoms with van der Waals surface area (Å²) in [5.74, 6) is 0.599. The van der Waals surface area contributed by atoms with E-state index in [0.29, 0.717) is 12.3 Å². The summed E-state index contributed by atoms with van der Waals surface area (Å²) in [7, 11) is 0.